The summed E-state index contributed by atoms with van der Waals surface area (Å²) in [5.74, 6) is -1.31. The minimum atomic E-state index is -1.69. The van der Waals surface area contributed by atoms with Crippen molar-refractivity contribution in [3.05, 3.63) is 23.8 Å². The summed E-state index contributed by atoms with van der Waals surface area (Å²) in [6, 6.07) is 4.11. The Bertz CT molecular complexity index is 574. The second-order valence-corrected chi connectivity index (χ2v) is 5.51. The number of carbonyl (C=O) groups excluding carboxylic acids is 1. The van der Waals surface area contributed by atoms with Crippen LogP contribution in [0.15, 0.2) is 18.2 Å². The number of hydrogen-bond donors (Lipinski definition) is 6. The first kappa shape index (κ1) is 18.4. The lowest BCUT2D eigenvalue weighted by molar-refractivity contribution is -0.289. The second kappa shape index (κ2) is 7.77. The Morgan fingerprint density at radius 1 is 1.12 bits per heavy atom. The molecule has 1 aliphatic heterocycles. The molecule has 0 aromatic heterocycles. The SMILES string of the molecule is O=C(CCc1ccc(O)c(O)c1)O[C@H]1[C@H](O)[C@@H](O)[C@@H](O)O[C@@H]1CO. The summed E-state index contributed by atoms with van der Waals surface area (Å²) < 4.78 is 9.93. The number of hydrogen-bond acceptors (Lipinski definition) is 9. The monoisotopic (exact) mass is 344 g/mol. The number of aromatic hydroxyl groups is 2. The molecule has 6 N–H and O–H groups in total. The largest absolute Gasteiger partial charge is 0.504 e. The lowest BCUT2D eigenvalue weighted by Gasteiger charge is -2.39. The third-order valence-corrected chi connectivity index (χ3v) is 3.76. The van der Waals surface area contributed by atoms with Crippen LogP contribution in [0.4, 0.5) is 0 Å². The van der Waals surface area contributed by atoms with E-state index in [2.05, 4.69) is 0 Å². The average Bonchev–Trinajstić information content (AvgIpc) is 2.56. The molecule has 9 nitrogen and oxygen atoms in total. The smallest absolute Gasteiger partial charge is 0.306 e. The third-order valence-electron chi connectivity index (χ3n) is 3.76. The van der Waals surface area contributed by atoms with E-state index in [1.807, 2.05) is 0 Å². The van der Waals surface area contributed by atoms with Gasteiger partial charge in [-0.15, -0.1) is 0 Å². The number of ether oxygens (including phenoxy) is 2. The second-order valence-electron chi connectivity index (χ2n) is 5.51. The Labute approximate surface area is 137 Å². The highest BCUT2D eigenvalue weighted by molar-refractivity contribution is 5.70. The number of phenols is 2. The third kappa shape index (κ3) is 4.13. The van der Waals surface area contributed by atoms with Crippen molar-refractivity contribution in [2.75, 3.05) is 6.61 Å². The van der Waals surface area contributed by atoms with Crippen LogP contribution in [0.5, 0.6) is 11.5 Å². The molecule has 5 atom stereocenters. The van der Waals surface area contributed by atoms with Gasteiger partial charge in [-0.25, -0.2) is 0 Å². The molecular formula is C15H20O9. The predicted octanol–water partition coefficient (Wildman–Crippen LogP) is -1.63. The molecule has 1 aromatic carbocycles. The van der Waals surface area contributed by atoms with Crippen LogP contribution in [0.25, 0.3) is 0 Å². The maximum atomic E-state index is 11.9. The van der Waals surface area contributed by atoms with Crippen molar-refractivity contribution in [1.29, 1.82) is 0 Å². The van der Waals surface area contributed by atoms with Gasteiger partial charge in [-0.1, -0.05) is 6.07 Å². The Balaban J connectivity index is 1.93. The zero-order valence-corrected chi connectivity index (χ0v) is 12.6. The van der Waals surface area contributed by atoms with Gasteiger partial charge in [-0.3, -0.25) is 4.79 Å². The molecule has 0 bridgehead atoms. The highest BCUT2D eigenvalue weighted by Crippen LogP contribution is 2.26. The van der Waals surface area contributed by atoms with Crippen LogP contribution >= 0.6 is 0 Å². The number of benzene rings is 1. The molecule has 1 aromatic rings. The lowest BCUT2D eigenvalue weighted by atomic mass is 9.99. The number of aliphatic hydroxyl groups excluding tert-OH is 4. The fourth-order valence-electron chi connectivity index (χ4n) is 2.39. The summed E-state index contributed by atoms with van der Waals surface area (Å²) >= 11 is 0. The molecule has 1 fully saturated rings. The number of aryl methyl sites for hydroxylation is 1. The summed E-state index contributed by atoms with van der Waals surface area (Å²) in [6.45, 7) is -0.620. The normalized spacial score (nSPS) is 30.1. The highest BCUT2D eigenvalue weighted by atomic mass is 16.7. The average molecular weight is 344 g/mol. The first-order chi connectivity index (χ1) is 11.3. The van der Waals surface area contributed by atoms with Gasteiger partial charge in [0.25, 0.3) is 0 Å². The van der Waals surface area contributed by atoms with Crippen molar-refractivity contribution in [1.82, 2.24) is 0 Å². The van der Waals surface area contributed by atoms with E-state index in [4.69, 9.17) is 9.47 Å². The van der Waals surface area contributed by atoms with Crippen molar-refractivity contribution in [3.63, 3.8) is 0 Å². The fraction of sp³-hybridized carbons (Fsp3) is 0.533. The number of phenolic OH excluding ortho intramolecular Hbond substituents is 2. The molecule has 0 saturated carbocycles. The van der Waals surface area contributed by atoms with E-state index in [-0.39, 0.29) is 24.3 Å². The van der Waals surface area contributed by atoms with Crippen LogP contribution in [0, 0.1) is 0 Å². The van der Waals surface area contributed by atoms with Crippen LogP contribution in [-0.4, -0.2) is 73.9 Å². The van der Waals surface area contributed by atoms with E-state index in [1.165, 1.54) is 18.2 Å². The first-order valence-electron chi connectivity index (χ1n) is 7.34. The Kier molecular flexibility index (Phi) is 5.97. The summed E-state index contributed by atoms with van der Waals surface area (Å²) in [5, 5.41) is 56.6. The lowest BCUT2D eigenvalue weighted by Crippen LogP contribution is -2.59. The van der Waals surface area contributed by atoms with E-state index in [1.54, 1.807) is 0 Å². The fourth-order valence-corrected chi connectivity index (χ4v) is 2.39. The highest BCUT2D eigenvalue weighted by Gasteiger charge is 2.45. The van der Waals surface area contributed by atoms with Crippen molar-refractivity contribution in [2.24, 2.45) is 0 Å². The zero-order valence-electron chi connectivity index (χ0n) is 12.6. The Morgan fingerprint density at radius 2 is 1.83 bits per heavy atom. The minimum Gasteiger partial charge on any atom is -0.504 e. The van der Waals surface area contributed by atoms with Crippen molar-refractivity contribution < 1.29 is 44.9 Å². The number of aliphatic hydroxyl groups is 4. The van der Waals surface area contributed by atoms with Crippen molar-refractivity contribution in [3.8, 4) is 11.5 Å². The first-order valence-corrected chi connectivity index (χ1v) is 7.34. The van der Waals surface area contributed by atoms with E-state index in [0.29, 0.717) is 5.56 Å². The minimum absolute atomic E-state index is 0.107. The summed E-state index contributed by atoms with van der Waals surface area (Å²) in [6.07, 6.45) is -7.36. The van der Waals surface area contributed by atoms with Gasteiger partial charge < -0.3 is 40.1 Å². The topological polar surface area (TPSA) is 157 Å². The van der Waals surface area contributed by atoms with E-state index in [0.717, 1.165) is 0 Å². The Morgan fingerprint density at radius 3 is 2.46 bits per heavy atom. The molecule has 1 heterocycles. The number of carbonyl (C=O) groups is 1. The number of esters is 1. The number of rotatable bonds is 5. The van der Waals surface area contributed by atoms with Crippen LogP contribution in [0.1, 0.15) is 12.0 Å². The van der Waals surface area contributed by atoms with Crippen molar-refractivity contribution in [2.45, 2.75) is 43.5 Å². The summed E-state index contributed by atoms with van der Waals surface area (Å²) in [4.78, 5) is 11.9. The molecular weight excluding hydrogens is 324 g/mol. The van der Waals surface area contributed by atoms with Crippen LogP contribution < -0.4 is 0 Å². The van der Waals surface area contributed by atoms with Gasteiger partial charge in [0.1, 0.15) is 18.3 Å². The summed E-state index contributed by atoms with van der Waals surface area (Å²) in [7, 11) is 0. The van der Waals surface area contributed by atoms with Crippen LogP contribution in [0.2, 0.25) is 0 Å². The summed E-state index contributed by atoms with van der Waals surface area (Å²) in [5.41, 5.74) is 0.580. The van der Waals surface area contributed by atoms with Gasteiger partial charge in [-0.2, -0.15) is 0 Å². The van der Waals surface area contributed by atoms with Gasteiger partial charge in [0.05, 0.1) is 6.61 Å². The van der Waals surface area contributed by atoms with Crippen LogP contribution in [-0.2, 0) is 20.7 Å². The molecule has 0 radical (unpaired) electrons. The standard InChI is InChI=1S/C15H20O9/c16-6-10-14(12(20)13(21)15(22)23-10)24-11(19)4-2-7-1-3-8(17)9(18)5-7/h1,3,5,10,12-18,20-22H,2,4,6H2/t10-,12-,13-,14-,15+/m1/s1. The van der Waals surface area contributed by atoms with E-state index < -0.39 is 43.3 Å². The molecule has 24 heavy (non-hydrogen) atoms. The quantitative estimate of drug-likeness (QED) is 0.273. The van der Waals surface area contributed by atoms with Gasteiger partial charge in [0.2, 0.25) is 0 Å². The molecule has 0 spiro atoms. The van der Waals surface area contributed by atoms with Crippen molar-refractivity contribution >= 4 is 5.97 Å². The van der Waals surface area contributed by atoms with Crippen LogP contribution in [0.3, 0.4) is 0 Å². The maximum Gasteiger partial charge on any atom is 0.306 e. The van der Waals surface area contributed by atoms with E-state index >= 15 is 0 Å². The van der Waals surface area contributed by atoms with E-state index in [9.17, 15) is 35.4 Å². The molecule has 0 unspecified atom stereocenters. The maximum absolute atomic E-state index is 11.9. The molecule has 2 rings (SSSR count). The molecule has 0 aliphatic carbocycles. The molecule has 1 saturated heterocycles. The molecule has 134 valence electrons. The Hall–Kier alpha value is -1.91. The van der Waals surface area contributed by atoms with Gasteiger partial charge in [-0.05, 0) is 24.1 Å². The molecule has 0 amide bonds. The predicted molar refractivity (Wildman–Crippen MR) is 78.0 cm³/mol. The van der Waals surface area contributed by atoms with Gasteiger partial charge >= 0.3 is 5.97 Å². The molecule has 1 aliphatic rings. The van der Waals surface area contributed by atoms with Gasteiger partial charge in [0, 0.05) is 6.42 Å². The van der Waals surface area contributed by atoms with Gasteiger partial charge in [0.15, 0.2) is 23.9 Å². The molecule has 9 heteroatoms. The zero-order chi connectivity index (χ0) is 17.9.